The fourth-order valence-corrected chi connectivity index (χ4v) is 7.51. The normalized spacial score (nSPS) is 18.1. The van der Waals surface area contributed by atoms with Gasteiger partial charge in [-0.3, -0.25) is 14.5 Å². The average Bonchev–Trinajstić information content (AvgIpc) is 3.80. The van der Waals surface area contributed by atoms with Crippen LogP contribution in [0.15, 0.2) is 79.0 Å². The van der Waals surface area contributed by atoms with Gasteiger partial charge in [0, 0.05) is 37.4 Å². The molecule has 3 amide bonds. The van der Waals surface area contributed by atoms with Gasteiger partial charge >= 0.3 is 6.09 Å². The highest BCUT2D eigenvalue weighted by Crippen LogP contribution is 2.32. The van der Waals surface area contributed by atoms with Crippen molar-refractivity contribution in [1.82, 2.24) is 25.1 Å². The largest absolute Gasteiger partial charge is 0.453 e. The molecule has 2 aliphatic heterocycles. The van der Waals surface area contributed by atoms with Gasteiger partial charge in [0.25, 0.3) is 5.91 Å². The van der Waals surface area contributed by atoms with E-state index in [0.717, 1.165) is 40.8 Å². The Kier molecular flexibility index (Phi) is 10.1. The molecule has 256 valence electrons. The molecule has 3 heterocycles. The fourth-order valence-electron chi connectivity index (χ4n) is 6.23. The Balaban J connectivity index is 1.04. The lowest BCUT2D eigenvalue weighted by Gasteiger charge is -2.26. The van der Waals surface area contributed by atoms with E-state index >= 15 is 0 Å². The Hall–Kier alpha value is -5.01. The zero-order valence-corrected chi connectivity index (χ0v) is 28.3. The SMILES string of the molecule is COC(=O)N[C@@H](C)C(=O)N1CCC[C@H]1c1ncc(-c2ccc(-c3ccc(C(=O)Nc4ccc(CN5CCS(=O)(=O)CC5)cc4)cc3)cc2)[nH]1. The maximum Gasteiger partial charge on any atom is 0.407 e. The number of nitrogens with zero attached hydrogens (tertiary/aromatic N) is 3. The first kappa shape index (κ1) is 33.9. The van der Waals surface area contributed by atoms with Crippen molar-refractivity contribution in [3.63, 3.8) is 0 Å². The Morgan fingerprint density at radius 2 is 1.55 bits per heavy atom. The van der Waals surface area contributed by atoms with Crippen molar-refractivity contribution in [1.29, 1.82) is 0 Å². The molecule has 13 heteroatoms. The van der Waals surface area contributed by atoms with E-state index in [9.17, 15) is 22.8 Å². The van der Waals surface area contributed by atoms with Crippen LogP contribution in [0.1, 0.15) is 47.6 Å². The first-order chi connectivity index (χ1) is 23.6. The Morgan fingerprint density at radius 1 is 0.918 bits per heavy atom. The number of methoxy groups -OCH3 is 1. The van der Waals surface area contributed by atoms with E-state index in [1.54, 1.807) is 30.2 Å². The topological polar surface area (TPSA) is 154 Å². The Labute approximate surface area is 285 Å². The second kappa shape index (κ2) is 14.6. The van der Waals surface area contributed by atoms with Gasteiger partial charge in [0.2, 0.25) is 5.91 Å². The number of likely N-dealkylation sites (tertiary alicyclic amines) is 1. The summed E-state index contributed by atoms with van der Waals surface area (Å²) < 4.78 is 28.0. The van der Waals surface area contributed by atoms with E-state index in [2.05, 4.69) is 30.2 Å². The van der Waals surface area contributed by atoms with E-state index in [4.69, 9.17) is 0 Å². The third kappa shape index (κ3) is 8.18. The number of ether oxygens (including phenoxy) is 1. The predicted molar refractivity (Wildman–Crippen MR) is 186 cm³/mol. The van der Waals surface area contributed by atoms with Crippen LogP contribution in [0.2, 0.25) is 0 Å². The molecular weight excluding hydrogens is 644 g/mol. The minimum atomic E-state index is -2.91. The van der Waals surface area contributed by atoms with Gasteiger partial charge in [0.1, 0.15) is 11.9 Å². The Bertz CT molecular complexity index is 1890. The molecule has 4 aromatic rings. The van der Waals surface area contributed by atoms with Gasteiger partial charge in [0.05, 0.1) is 36.5 Å². The molecule has 0 unspecified atom stereocenters. The first-order valence-electron chi connectivity index (χ1n) is 16.3. The number of hydrogen-bond acceptors (Lipinski definition) is 8. The molecule has 12 nitrogen and oxygen atoms in total. The molecule has 0 bridgehead atoms. The average molecular weight is 685 g/mol. The number of amides is 3. The number of benzene rings is 3. The van der Waals surface area contributed by atoms with Gasteiger partial charge < -0.3 is 25.3 Å². The molecule has 3 N–H and O–H groups in total. The highest BCUT2D eigenvalue weighted by Gasteiger charge is 2.34. The summed E-state index contributed by atoms with van der Waals surface area (Å²) in [5, 5.41) is 5.49. The van der Waals surface area contributed by atoms with E-state index in [1.807, 2.05) is 60.7 Å². The molecular formula is C36H40N6O6S. The third-order valence-corrected chi connectivity index (χ3v) is 10.7. The van der Waals surface area contributed by atoms with Crippen molar-refractivity contribution in [2.45, 2.75) is 38.4 Å². The van der Waals surface area contributed by atoms with Crippen LogP contribution in [-0.2, 0) is 25.9 Å². The Morgan fingerprint density at radius 3 is 2.20 bits per heavy atom. The lowest BCUT2D eigenvalue weighted by Crippen LogP contribution is -2.46. The summed E-state index contributed by atoms with van der Waals surface area (Å²) in [6.07, 6.45) is 2.75. The van der Waals surface area contributed by atoms with Gasteiger partial charge in [-0.25, -0.2) is 18.2 Å². The monoisotopic (exact) mass is 684 g/mol. The standard InChI is InChI=1S/C36H40N6O6S/c1-24(38-36(45)48-2)35(44)42-17-3-4-32(42)33-37-22-31(40-33)28-11-7-26(8-12-28)27-9-13-29(14-10-27)34(43)39-30-15-5-25(6-16-30)23-41-18-20-49(46,47)21-19-41/h5-16,22,24,32H,3-4,17-21,23H2,1-2H3,(H,37,40)(H,38,45)(H,39,43)/t24-,32-/m0/s1. The van der Waals surface area contributed by atoms with Crippen LogP contribution in [-0.4, -0.2) is 90.4 Å². The van der Waals surface area contributed by atoms with E-state index in [-0.39, 0.29) is 29.4 Å². The van der Waals surface area contributed by atoms with Crippen LogP contribution in [0.4, 0.5) is 10.5 Å². The molecule has 3 aromatic carbocycles. The van der Waals surface area contributed by atoms with Crippen molar-refractivity contribution in [2.24, 2.45) is 0 Å². The number of aromatic nitrogens is 2. The summed E-state index contributed by atoms with van der Waals surface area (Å²) in [6, 6.07) is 22.2. The number of carbonyl (C=O) groups is 3. The molecule has 0 radical (unpaired) electrons. The summed E-state index contributed by atoms with van der Waals surface area (Å²) in [7, 11) is -1.64. The summed E-state index contributed by atoms with van der Waals surface area (Å²) in [5.41, 5.74) is 6.05. The molecule has 2 atom stereocenters. The molecule has 6 rings (SSSR count). The van der Waals surface area contributed by atoms with E-state index in [0.29, 0.717) is 43.3 Å². The van der Waals surface area contributed by atoms with Crippen LogP contribution < -0.4 is 10.6 Å². The van der Waals surface area contributed by atoms with E-state index in [1.165, 1.54) is 7.11 Å². The fraction of sp³-hybridized carbons (Fsp3) is 0.333. The van der Waals surface area contributed by atoms with Gasteiger partial charge in [0.15, 0.2) is 9.84 Å². The van der Waals surface area contributed by atoms with Crippen LogP contribution in [0.25, 0.3) is 22.4 Å². The number of nitrogens with one attached hydrogen (secondary N) is 3. The number of hydrogen-bond donors (Lipinski definition) is 3. The zero-order chi connectivity index (χ0) is 34.5. The van der Waals surface area contributed by atoms with Crippen molar-refractivity contribution in [3.8, 4) is 22.4 Å². The molecule has 2 fully saturated rings. The first-order valence-corrected chi connectivity index (χ1v) is 18.1. The number of H-pyrrole nitrogens is 1. The lowest BCUT2D eigenvalue weighted by molar-refractivity contribution is -0.134. The molecule has 0 aliphatic carbocycles. The zero-order valence-electron chi connectivity index (χ0n) is 27.5. The van der Waals surface area contributed by atoms with Crippen molar-refractivity contribution in [2.75, 3.05) is 43.6 Å². The highest BCUT2D eigenvalue weighted by molar-refractivity contribution is 7.91. The molecule has 2 saturated heterocycles. The highest BCUT2D eigenvalue weighted by atomic mass is 32.2. The van der Waals surface area contributed by atoms with Crippen molar-refractivity contribution in [3.05, 3.63) is 95.9 Å². The number of anilines is 1. The van der Waals surface area contributed by atoms with Crippen LogP contribution in [0, 0.1) is 0 Å². The minimum absolute atomic E-state index is 0.181. The molecule has 2 aliphatic rings. The van der Waals surface area contributed by atoms with Gasteiger partial charge in [-0.05, 0) is 66.3 Å². The second-order valence-corrected chi connectivity index (χ2v) is 14.8. The maximum atomic E-state index is 13.0. The molecule has 1 aromatic heterocycles. The van der Waals surface area contributed by atoms with Crippen LogP contribution >= 0.6 is 0 Å². The predicted octanol–water partition coefficient (Wildman–Crippen LogP) is 4.63. The van der Waals surface area contributed by atoms with Crippen LogP contribution in [0.5, 0.6) is 0 Å². The molecule has 0 spiro atoms. The number of imidazole rings is 1. The maximum absolute atomic E-state index is 13.0. The number of aromatic amines is 1. The van der Waals surface area contributed by atoms with Gasteiger partial charge in [-0.1, -0.05) is 48.5 Å². The molecule has 49 heavy (non-hydrogen) atoms. The summed E-state index contributed by atoms with van der Waals surface area (Å²) in [5.74, 6) is 0.714. The number of rotatable bonds is 9. The summed E-state index contributed by atoms with van der Waals surface area (Å²) in [6.45, 7) is 3.98. The van der Waals surface area contributed by atoms with Crippen LogP contribution in [0.3, 0.4) is 0 Å². The second-order valence-electron chi connectivity index (χ2n) is 12.5. The lowest BCUT2D eigenvalue weighted by atomic mass is 10.0. The molecule has 0 saturated carbocycles. The quantitative estimate of drug-likeness (QED) is 0.231. The van der Waals surface area contributed by atoms with Gasteiger partial charge in [-0.15, -0.1) is 0 Å². The smallest absolute Gasteiger partial charge is 0.407 e. The summed E-state index contributed by atoms with van der Waals surface area (Å²) >= 11 is 0. The van der Waals surface area contributed by atoms with Crippen molar-refractivity contribution < 1.29 is 27.5 Å². The van der Waals surface area contributed by atoms with E-state index < -0.39 is 22.0 Å². The number of alkyl carbamates (subject to hydrolysis) is 1. The number of sulfone groups is 1. The third-order valence-electron chi connectivity index (χ3n) is 9.07. The summed E-state index contributed by atoms with van der Waals surface area (Å²) in [4.78, 5) is 49.4. The number of carbonyl (C=O) groups excluding carboxylic acids is 3. The minimum Gasteiger partial charge on any atom is -0.453 e. The van der Waals surface area contributed by atoms with Gasteiger partial charge in [-0.2, -0.15) is 0 Å². The van der Waals surface area contributed by atoms with Crippen molar-refractivity contribution >= 4 is 33.4 Å².